The molecule has 1 nitrogen and oxygen atoms in total. The molecular formula is C19H23ClN-. The van der Waals surface area contributed by atoms with Gasteiger partial charge in [-0.05, 0) is 47.6 Å². The van der Waals surface area contributed by atoms with E-state index in [1.807, 2.05) is 0 Å². The van der Waals surface area contributed by atoms with Gasteiger partial charge >= 0.3 is 0 Å². The Kier molecular flexibility index (Phi) is 3.88. The first-order valence-electron chi connectivity index (χ1n) is 8.07. The molecule has 4 rings (SSSR count). The van der Waals surface area contributed by atoms with E-state index in [-0.39, 0.29) is 12.4 Å². The number of benzene rings is 2. The van der Waals surface area contributed by atoms with Gasteiger partial charge in [-0.15, -0.1) is 0 Å². The van der Waals surface area contributed by atoms with E-state index in [1.165, 1.54) is 55.0 Å². The molecule has 1 unspecified atom stereocenters. The Morgan fingerprint density at radius 3 is 2.57 bits per heavy atom. The highest BCUT2D eigenvalue weighted by atomic mass is 35.5. The van der Waals surface area contributed by atoms with Crippen LogP contribution in [0.2, 0.25) is 0 Å². The predicted molar refractivity (Wildman–Crippen MR) is 86.4 cm³/mol. The summed E-state index contributed by atoms with van der Waals surface area (Å²) in [6, 6.07) is 13.4. The number of nitrogens with one attached hydrogen (secondary N) is 1. The highest BCUT2D eigenvalue weighted by Crippen LogP contribution is 2.47. The van der Waals surface area contributed by atoms with Crippen LogP contribution in [0.3, 0.4) is 0 Å². The van der Waals surface area contributed by atoms with E-state index in [0.717, 1.165) is 0 Å². The largest absolute Gasteiger partial charge is 1.00 e. The number of rotatable bonds is 0. The summed E-state index contributed by atoms with van der Waals surface area (Å²) in [6.45, 7) is 2.42. The molecule has 0 saturated heterocycles. The van der Waals surface area contributed by atoms with Crippen molar-refractivity contribution in [2.45, 2.75) is 56.9 Å². The Bertz CT molecular complexity index is 643. The fraction of sp³-hybridized carbons (Fsp3) is 0.474. The van der Waals surface area contributed by atoms with Crippen LogP contribution < -0.4 is 17.7 Å². The molecule has 112 valence electrons. The topological polar surface area (TPSA) is 12.0 Å². The summed E-state index contributed by atoms with van der Waals surface area (Å²) in [5, 5.41) is 6.75. The summed E-state index contributed by atoms with van der Waals surface area (Å²) < 4.78 is 0. The Morgan fingerprint density at radius 2 is 1.76 bits per heavy atom. The summed E-state index contributed by atoms with van der Waals surface area (Å²) in [7, 11) is 0. The molecule has 1 atom stereocenters. The van der Waals surface area contributed by atoms with Crippen LogP contribution in [0.5, 0.6) is 0 Å². The van der Waals surface area contributed by atoms with Crippen LogP contribution in [-0.4, -0.2) is 5.54 Å². The lowest BCUT2D eigenvalue weighted by atomic mass is 9.71. The molecule has 21 heavy (non-hydrogen) atoms. The monoisotopic (exact) mass is 300 g/mol. The molecule has 1 spiro atoms. The number of halogens is 1. The third kappa shape index (κ3) is 2.42. The lowest BCUT2D eigenvalue weighted by molar-refractivity contribution is -0.00000438. The van der Waals surface area contributed by atoms with Gasteiger partial charge in [-0.3, -0.25) is 0 Å². The molecule has 1 aliphatic heterocycles. The van der Waals surface area contributed by atoms with Gasteiger partial charge in [-0.25, -0.2) is 0 Å². The maximum absolute atomic E-state index is 3.93. The van der Waals surface area contributed by atoms with Crippen molar-refractivity contribution in [3.63, 3.8) is 0 Å². The molecule has 0 radical (unpaired) electrons. The molecule has 1 aliphatic carbocycles. The SMILES string of the molecule is CC1CC2(CCCCC2)Nc2ccc3ccccc3c21.[Cl-]. The van der Waals surface area contributed by atoms with E-state index in [9.17, 15) is 0 Å². The van der Waals surface area contributed by atoms with Crippen molar-refractivity contribution in [3.05, 3.63) is 42.0 Å². The van der Waals surface area contributed by atoms with Gasteiger partial charge in [0.2, 0.25) is 0 Å². The van der Waals surface area contributed by atoms with Gasteiger partial charge < -0.3 is 17.7 Å². The summed E-state index contributed by atoms with van der Waals surface area (Å²) in [5.74, 6) is 0.662. The molecule has 1 fully saturated rings. The zero-order chi connectivity index (χ0) is 13.6. The van der Waals surface area contributed by atoms with Crippen molar-refractivity contribution >= 4 is 16.5 Å². The van der Waals surface area contributed by atoms with Gasteiger partial charge in [0.25, 0.3) is 0 Å². The van der Waals surface area contributed by atoms with Gasteiger partial charge in [0.05, 0.1) is 0 Å². The molecule has 2 heteroatoms. The number of fused-ring (bicyclic) bond motifs is 3. The van der Waals surface area contributed by atoms with Crippen molar-refractivity contribution in [1.82, 2.24) is 0 Å². The summed E-state index contributed by atoms with van der Waals surface area (Å²) >= 11 is 0. The normalized spacial score (nSPS) is 23.2. The third-order valence-corrected chi connectivity index (χ3v) is 5.37. The first kappa shape index (κ1) is 14.7. The van der Waals surface area contributed by atoms with Crippen molar-refractivity contribution in [1.29, 1.82) is 0 Å². The van der Waals surface area contributed by atoms with Crippen LogP contribution in [0, 0.1) is 0 Å². The second kappa shape index (κ2) is 5.53. The van der Waals surface area contributed by atoms with Crippen LogP contribution in [0.25, 0.3) is 10.8 Å². The van der Waals surface area contributed by atoms with Crippen molar-refractivity contribution in [2.75, 3.05) is 5.32 Å². The molecule has 0 amide bonds. The summed E-state index contributed by atoms with van der Waals surface area (Å²) in [4.78, 5) is 0. The van der Waals surface area contributed by atoms with Gasteiger partial charge in [-0.1, -0.05) is 56.5 Å². The lowest BCUT2D eigenvalue weighted by Gasteiger charge is -2.45. The molecule has 1 N–H and O–H groups in total. The average Bonchev–Trinajstić information content (AvgIpc) is 2.47. The predicted octanol–water partition coefficient (Wildman–Crippen LogP) is 2.47. The Hall–Kier alpha value is -1.21. The number of anilines is 1. The van der Waals surface area contributed by atoms with Gasteiger partial charge in [0.15, 0.2) is 0 Å². The first-order chi connectivity index (χ1) is 9.77. The van der Waals surface area contributed by atoms with Gasteiger partial charge in [-0.2, -0.15) is 0 Å². The van der Waals surface area contributed by atoms with Crippen molar-refractivity contribution in [2.24, 2.45) is 0 Å². The maximum atomic E-state index is 3.93. The van der Waals surface area contributed by atoms with E-state index >= 15 is 0 Å². The molecule has 1 heterocycles. The molecule has 2 aliphatic rings. The minimum Gasteiger partial charge on any atom is -1.00 e. The zero-order valence-electron chi connectivity index (χ0n) is 12.7. The zero-order valence-corrected chi connectivity index (χ0v) is 13.4. The van der Waals surface area contributed by atoms with E-state index < -0.39 is 0 Å². The fourth-order valence-corrected chi connectivity index (χ4v) is 4.52. The minimum atomic E-state index is 0. The van der Waals surface area contributed by atoms with E-state index in [2.05, 4.69) is 48.6 Å². The van der Waals surface area contributed by atoms with Crippen LogP contribution in [0.4, 0.5) is 5.69 Å². The Morgan fingerprint density at radius 1 is 1.00 bits per heavy atom. The number of hydrogen-bond acceptors (Lipinski definition) is 1. The van der Waals surface area contributed by atoms with E-state index in [4.69, 9.17) is 0 Å². The quantitative estimate of drug-likeness (QED) is 0.788. The molecular weight excluding hydrogens is 278 g/mol. The highest BCUT2D eigenvalue weighted by molar-refractivity contribution is 5.91. The molecule has 0 bridgehead atoms. The van der Waals surface area contributed by atoms with Crippen LogP contribution in [0.1, 0.15) is 56.9 Å². The first-order valence-corrected chi connectivity index (χ1v) is 8.07. The molecule has 2 aromatic rings. The van der Waals surface area contributed by atoms with E-state index in [1.54, 1.807) is 5.56 Å². The molecule has 1 saturated carbocycles. The molecule has 2 aromatic carbocycles. The fourth-order valence-electron chi connectivity index (χ4n) is 4.52. The second-order valence-electron chi connectivity index (χ2n) is 6.82. The van der Waals surface area contributed by atoms with Gasteiger partial charge in [0.1, 0.15) is 0 Å². The standard InChI is InChI=1S/C19H23N.ClH/c1-14-13-19(11-5-2-6-12-19)20-17-10-9-15-7-3-4-8-16(15)18(14)17;/h3-4,7-10,14,20H,2,5-6,11-13H2,1H3;1H/p-1. The lowest BCUT2D eigenvalue weighted by Crippen LogP contribution is -3.00. The summed E-state index contributed by atoms with van der Waals surface area (Å²) in [5.41, 5.74) is 3.32. The highest BCUT2D eigenvalue weighted by Gasteiger charge is 2.38. The Labute approximate surface area is 133 Å². The Balaban J connectivity index is 0.00000132. The minimum absolute atomic E-state index is 0. The second-order valence-corrected chi connectivity index (χ2v) is 6.82. The van der Waals surface area contributed by atoms with Crippen LogP contribution in [-0.2, 0) is 0 Å². The third-order valence-electron chi connectivity index (χ3n) is 5.37. The van der Waals surface area contributed by atoms with Crippen molar-refractivity contribution in [3.8, 4) is 0 Å². The summed E-state index contributed by atoms with van der Waals surface area (Å²) in [6.07, 6.45) is 8.20. The van der Waals surface area contributed by atoms with Crippen molar-refractivity contribution < 1.29 is 12.4 Å². The maximum Gasteiger partial charge on any atom is 0.0386 e. The van der Waals surface area contributed by atoms with Crippen LogP contribution >= 0.6 is 0 Å². The molecule has 0 aromatic heterocycles. The number of hydrogen-bond donors (Lipinski definition) is 1. The van der Waals surface area contributed by atoms with Crippen LogP contribution in [0.15, 0.2) is 36.4 Å². The smallest absolute Gasteiger partial charge is 0.0386 e. The van der Waals surface area contributed by atoms with E-state index in [0.29, 0.717) is 11.5 Å². The van der Waals surface area contributed by atoms with Gasteiger partial charge in [0, 0.05) is 11.2 Å². The average molecular weight is 301 g/mol.